The van der Waals surface area contributed by atoms with Gasteiger partial charge in [0, 0.05) is 12.6 Å². The standard InChI is InChI=1S/C11H23N3O.2ClH/c1-3-14(4-2)8-11(15)13-10(7-12)9-5-6-9;;/h9-10H,3-8,12H2,1-2H3,(H,13,15);2*1H. The summed E-state index contributed by atoms with van der Waals surface area (Å²) < 4.78 is 0. The molecular formula is C11H25Cl2N3O. The molecule has 1 amide bonds. The fourth-order valence-corrected chi connectivity index (χ4v) is 1.77. The Labute approximate surface area is 117 Å². The number of hydrogen-bond acceptors (Lipinski definition) is 3. The van der Waals surface area contributed by atoms with Gasteiger partial charge in [-0.05, 0) is 31.8 Å². The van der Waals surface area contributed by atoms with E-state index < -0.39 is 0 Å². The minimum absolute atomic E-state index is 0. The van der Waals surface area contributed by atoms with Crippen LogP contribution < -0.4 is 11.1 Å². The lowest BCUT2D eigenvalue weighted by Gasteiger charge is -2.21. The third-order valence-electron chi connectivity index (χ3n) is 3.05. The van der Waals surface area contributed by atoms with E-state index in [1.54, 1.807) is 0 Å². The van der Waals surface area contributed by atoms with Crippen LogP contribution in [-0.2, 0) is 4.79 Å². The molecule has 0 aromatic rings. The molecule has 0 aliphatic heterocycles. The first-order chi connectivity index (χ1) is 7.21. The van der Waals surface area contributed by atoms with Crippen LogP contribution in [0, 0.1) is 5.92 Å². The van der Waals surface area contributed by atoms with Crippen LogP contribution in [0.4, 0.5) is 0 Å². The zero-order valence-electron chi connectivity index (χ0n) is 10.6. The van der Waals surface area contributed by atoms with E-state index in [9.17, 15) is 4.79 Å². The van der Waals surface area contributed by atoms with E-state index in [-0.39, 0.29) is 36.8 Å². The predicted molar refractivity (Wildman–Crippen MR) is 76.0 cm³/mol. The number of likely N-dealkylation sites (N-methyl/N-ethyl adjacent to an activating group) is 1. The highest BCUT2D eigenvalue weighted by atomic mass is 35.5. The molecule has 6 heteroatoms. The van der Waals surface area contributed by atoms with Crippen molar-refractivity contribution in [3.8, 4) is 0 Å². The van der Waals surface area contributed by atoms with E-state index in [2.05, 4.69) is 24.1 Å². The summed E-state index contributed by atoms with van der Waals surface area (Å²) in [6.45, 7) is 7.03. The molecule has 4 nitrogen and oxygen atoms in total. The topological polar surface area (TPSA) is 58.4 Å². The smallest absolute Gasteiger partial charge is 0.234 e. The molecule has 0 aromatic heterocycles. The molecule has 1 aliphatic carbocycles. The quantitative estimate of drug-likeness (QED) is 0.735. The van der Waals surface area contributed by atoms with Crippen molar-refractivity contribution in [3.05, 3.63) is 0 Å². The van der Waals surface area contributed by atoms with Gasteiger partial charge in [0.05, 0.1) is 6.54 Å². The van der Waals surface area contributed by atoms with Crippen LogP contribution in [0.15, 0.2) is 0 Å². The second kappa shape index (κ2) is 9.95. The molecular weight excluding hydrogens is 261 g/mol. The van der Waals surface area contributed by atoms with E-state index in [0.29, 0.717) is 19.0 Å². The molecule has 1 saturated carbocycles. The molecule has 0 spiro atoms. The Hall–Kier alpha value is -0.0300. The molecule has 0 saturated heterocycles. The van der Waals surface area contributed by atoms with Crippen molar-refractivity contribution in [3.63, 3.8) is 0 Å². The van der Waals surface area contributed by atoms with E-state index in [4.69, 9.17) is 5.73 Å². The molecule has 1 rings (SSSR count). The van der Waals surface area contributed by atoms with Crippen LogP contribution in [0.25, 0.3) is 0 Å². The molecule has 0 bridgehead atoms. The number of nitrogens with zero attached hydrogens (tertiary/aromatic N) is 1. The third kappa shape index (κ3) is 7.09. The number of nitrogens with two attached hydrogens (primary N) is 1. The molecule has 1 fully saturated rings. The normalized spacial score (nSPS) is 15.8. The van der Waals surface area contributed by atoms with Gasteiger partial charge in [0.25, 0.3) is 0 Å². The summed E-state index contributed by atoms with van der Waals surface area (Å²) in [5.41, 5.74) is 5.63. The average molecular weight is 286 g/mol. The molecule has 1 atom stereocenters. The Morgan fingerprint density at radius 2 is 1.88 bits per heavy atom. The Balaban J connectivity index is 0. The van der Waals surface area contributed by atoms with Gasteiger partial charge in [-0.1, -0.05) is 13.8 Å². The van der Waals surface area contributed by atoms with Crippen molar-refractivity contribution in [1.29, 1.82) is 0 Å². The van der Waals surface area contributed by atoms with Crippen LogP contribution >= 0.6 is 24.8 Å². The number of hydrogen-bond donors (Lipinski definition) is 2. The van der Waals surface area contributed by atoms with Gasteiger partial charge >= 0.3 is 0 Å². The fraction of sp³-hybridized carbons (Fsp3) is 0.909. The SMILES string of the molecule is CCN(CC)CC(=O)NC(CN)C1CC1.Cl.Cl. The summed E-state index contributed by atoms with van der Waals surface area (Å²) in [5.74, 6) is 0.747. The second-order valence-corrected chi connectivity index (χ2v) is 4.21. The zero-order chi connectivity index (χ0) is 11.3. The monoisotopic (exact) mass is 285 g/mol. The highest BCUT2D eigenvalue weighted by Gasteiger charge is 2.31. The van der Waals surface area contributed by atoms with E-state index in [1.165, 1.54) is 12.8 Å². The number of carbonyl (C=O) groups excluding carboxylic acids is 1. The Morgan fingerprint density at radius 1 is 1.35 bits per heavy atom. The average Bonchev–Trinajstić information content (AvgIpc) is 3.06. The zero-order valence-corrected chi connectivity index (χ0v) is 12.3. The maximum Gasteiger partial charge on any atom is 0.234 e. The first-order valence-corrected chi connectivity index (χ1v) is 5.93. The van der Waals surface area contributed by atoms with Gasteiger partial charge in [0.15, 0.2) is 0 Å². The first-order valence-electron chi connectivity index (χ1n) is 5.93. The Bertz CT molecular complexity index is 209. The lowest BCUT2D eigenvalue weighted by molar-refractivity contribution is -0.123. The summed E-state index contributed by atoms with van der Waals surface area (Å²) in [7, 11) is 0. The van der Waals surface area contributed by atoms with Crippen molar-refractivity contribution in [2.45, 2.75) is 32.7 Å². The van der Waals surface area contributed by atoms with E-state index in [1.807, 2.05) is 0 Å². The molecule has 1 aliphatic rings. The minimum Gasteiger partial charge on any atom is -0.351 e. The van der Waals surface area contributed by atoms with Gasteiger partial charge in [0.1, 0.15) is 0 Å². The maximum atomic E-state index is 11.7. The largest absolute Gasteiger partial charge is 0.351 e. The van der Waals surface area contributed by atoms with Crippen LogP contribution in [0.1, 0.15) is 26.7 Å². The highest BCUT2D eigenvalue weighted by molar-refractivity contribution is 5.85. The van der Waals surface area contributed by atoms with Crippen molar-refractivity contribution < 1.29 is 4.79 Å². The molecule has 0 radical (unpaired) electrons. The second-order valence-electron chi connectivity index (χ2n) is 4.21. The lowest BCUT2D eigenvalue weighted by atomic mass is 10.2. The molecule has 104 valence electrons. The minimum atomic E-state index is 0. The molecule has 3 N–H and O–H groups in total. The number of rotatable bonds is 7. The summed E-state index contributed by atoms with van der Waals surface area (Å²) in [6.07, 6.45) is 2.43. The lowest BCUT2D eigenvalue weighted by Crippen LogP contribution is -2.46. The van der Waals surface area contributed by atoms with Crippen molar-refractivity contribution in [2.24, 2.45) is 11.7 Å². The van der Waals surface area contributed by atoms with E-state index in [0.717, 1.165) is 13.1 Å². The number of amides is 1. The van der Waals surface area contributed by atoms with Crippen LogP contribution in [0.2, 0.25) is 0 Å². The van der Waals surface area contributed by atoms with Gasteiger partial charge in [-0.25, -0.2) is 0 Å². The van der Waals surface area contributed by atoms with Gasteiger partial charge in [-0.2, -0.15) is 0 Å². The summed E-state index contributed by atoms with van der Waals surface area (Å²) in [5, 5.41) is 3.02. The number of carbonyl (C=O) groups is 1. The predicted octanol–water partition coefficient (Wildman–Crippen LogP) is 1.03. The summed E-state index contributed by atoms with van der Waals surface area (Å²) in [6, 6.07) is 0.202. The Morgan fingerprint density at radius 3 is 2.24 bits per heavy atom. The Kier molecular flexibility index (Phi) is 11.3. The van der Waals surface area contributed by atoms with Gasteiger partial charge < -0.3 is 11.1 Å². The van der Waals surface area contributed by atoms with Crippen molar-refractivity contribution >= 4 is 30.7 Å². The van der Waals surface area contributed by atoms with Gasteiger partial charge in [-0.15, -0.1) is 24.8 Å². The number of nitrogens with one attached hydrogen (secondary N) is 1. The highest BCUT2D eigenvalue weighted by Crippen LogP contribution is 2.32. The van der Waals surface area contributed by atoms with Crippen molar-refractivity contribution in [1.82, 2.24) is 10.2 Å². The molecule has 17 heavy (non-hydrogen) atoms. The maximum absolute atomic E-state index is 11.7. The van der Waals surface area contributed by atoms with E-state index >= 15 is 0 Å². The van der Waals surface area contributed by atoms with Crippen LogP contribution in [0.3, 0.4) is 0 Å². The van der Waals surface area contributed by atoms with Crippen LogP contribution in [-0.4, -0.2) is 43.0 Å². The first kappa shape index (κ1) is 19.3. The molecule has 1 unspecified atom stereocenters. The van der Waals surface area contributed by atoms with Gasteiger partial charge in [-0.3, -0.25) is 9.69 Å². The summed E-state index contributed by atoms with van der Waals surface area (Å²) in [4.78, 5) is 13.8. The molecule has 0 aromatic carbocycles. The van der Waals surface area contributed by atoms with Crippen molar-refractivity contribution in [2.75, 3.05) is 26.2 Å². The number of halogens is 2. The van der Waals surface area contributed by atoms with Gasteiger partial charge in [0.2, 0.25) is 5.91 Å². The van der Waals surface area contributed by atoms with Crippen LogP contribution in [0.5, 0.6) is 0 Å². The third-order valence-corrected chi connectivity index (χ3v) is 3.05. The summed E-state index contributed by atoms with van der Waals surface area (Å²) >= 11 is 0. The molecule has 0 heterocycles. The fourth-order valence-electron chi connectivity index (χ4n) is 1.77.